The van der Waals surface area contributed by atoms with Crippen molar-refractivity contribution in [2.75, 3.05) is 0 Å². The van der Waals surface area contributed by atoms with E-state index in [9.17, 15) is 25.2 Å². The second kappa shape index (κ2) is 4.45. The molecule has 3 rings (SSSR count). The minimum Gasteiger partial charge on any atom is -0.504 e. The molecule has 6 heteroatoms. The summed E-state index contributed by atoms with van der Waals surface area (Å²) >= 11 is 0. The van der Waals surface area contributed by atoms with Crippen LogP contribution in [0.3, 0.4) is 0 Å². The highest BCUT2D eigenvalue weighted by Crippen LogP contribution is 2.43. The Kier molecular flexibility index (Phi) is 2.72. The van der Waals surface area contributed by atoms with Gasteiger partial charge in [0.1, 0.15) is 11.1 Å². The first-order chi connectivity index (χ1) is 10.0. The molecule has 106 valence electrons. The first kappa shape index (κ1) is 12.9. The Bertz CT molecular complexity index is 910. The molecular weight excluding hydrogens is 276 g/mol. The van der Waals surface area contributed by atoms with Crippen LogP contribution < -0.4 is 5.43 Å². The number of hydrogen-bond acceptors (Lipinski definition) is 6. The van der Waals surface area contributed by atoms with Crippen molar-refractivity contribution >= 4 is 11.0 Å². The highest BCUT2D eigenvalue weighted by Gasteiger charge is 2.21. The Hall–Kier alpha value is -3.15. The molecule has 0 fully saturated rings. The molecule has 0 saturated heterocycles. The second-order valence-electron chi connectivity index (χ2n) is 4.44. The summed E-state index contributed by atoms with van der Waals surface area (Å²) in [5, 5.41) is 38.8. The number of benzene rings is 2. The lowest BCUT2D eigenvalue weighted by Crippen LogP contribution is -2.05. The normalized spacial score (nSPS) is 10.9. The third-order valence-electron chi connectivity index (χ3n) is 3.18. The van der Waals surface area contributed by atoms with E-state index in [0.717, 1.165) is 6.07 Å². The van der Waals surface area contributed by atoms with Crippen LogP contribution in [0.4, 0.5) is 0 Å². The van der Waals surface area contributed by atoms with E-state index in [-0.39, 0.29) is 22.1 Å². The van der Waals surface area contributed by atoms with Crippen LogP contribution in [0.15, 0.2) is 45.6 Å². The minimum atomic E-state index is -0.778. The number of hydrogen-bond donors (Lipinski definition) is 4. The fourth-order valence-electron chi connectivity index (χ4n) is 2.14. The standard InChI is InChI=1S/C15H10O6/c16-9-6-5-8(13(18)14(9)19)11-12(17)7-3-1-2-4-10(7)21-15(11)20/h1-6,16,18-20H. The summed E-state index contributed by atoms with van der Waals surface area (Å²) < 4.78 is 5.15. The van der Waals surface area contributed by atoms with Crippen LogP contribution in [0.5, 0.6) is 23.2 Å². The Labute approximate surface area is 117 Å². The van der Waals surface area contributed by atoms with Crippen molar-refractivity contribution in [2.45, 2.75) is 0 Å². The van der Waals surface area contributed by atoms with Crippen LogP contribution in [0.2, 0.25) is 0 Å². The van der Waals surface area contributed by atoms with Crippen molar-refractivity contribution in [1.82, 2.24) is 0 Å². The largest absolute Gasteiger partial charge is 0.504 e. The molecule has 0 amide bonds. The van der Waals surface area contributed by atoms with E-state index >= 15 is 0 Å². The maximum atomic E-state index is 12.4. The summed E-state index contributed by atoms with van der Waals surface area (Å²) in [6, 6.07) is 8.61. The van der Waals surface area contributed by atoms with E-state index in [1.54, 1.807) is 12.1 Å². The van der Waals surface area contributed by atoms with Gasteiger partial charge in [0.25, 0.3) is 5.95 Å². The van der Waals surface area contributed by atoms with Gasteiger partial charge in [-0.25, -0.2) is 0 Å². The molecule has 0 aliphatic rings. The molecular formula is C15H10O6. The number of para-hydroxylation sites is 1. The lowest BCUT2D eigenvalue weighted by molar-refractivity contribution is 0.340. The third kappa shape index (κ3) is 1.85. The van der Waals surface area contributed by atoms with Crippen LogP contribution in [-0.4, -0.2) is 20.4 Å². The number of rotatable bonds is 1. The summed E-state index contributed by atoms with van der Waals surface area (Å²) in [7, 11) is 0. The maximum absolute atomic E-state index is 12.4. The van der Waals surface area contributed by atoms with Crippen molar-refractivity contribution in [3.05, 3.63) is 46.6 Å². The lowest BCUT2D eigenvalue weighted by Gasteiger charge is -2.09. The van der Waals surface area contributed by atoms with Crippen molar-refractivity contribution in [3.8, 4) is 34.3 Å². The smallest absolute Gasteiger partial charge is 0.294 e. The quantitative estimate of drug-likeness (QED) is 0.511. The zero-order valence-corrected chi connectivity index (χ0v) is 10.6. The molecule has 0 saturated carbocycles. The van der Waals surface area contributed by atoms with E-state index < -0.39 is 28.6 Å². The molecule has 6 nitrogen and oxygen atoms in total. The topological polar surface area (TPSA) is 111 Å². The van der Waals surface area contributed by atoms with Crippen molar-refractivity contribution in [3.63, 3.8) is 0 Å². The third-order valence-corrected chi connectivity index (χ3v) is 3.18. The summed E-state index contributed by atoms with van der Waals surface area (Å²) in [6.45, 7) is 0. The van der Waals surface area contributed by atoms with Crippen LogP contribution in [-0.2, 0) is 0 Å². The number of fused-ring (bicyclic) bond motifs is 1. The number of phenolic OH excluding ortho intramolecular Hbond substituents is 3. The zero-order chi connectivity index (χ0) is 15.1. The van der Waals surface area contributed by atoms with Crippen LogP contribution in [0.1, 0.15) is 0 Å². The molecule has 1 heterocycles. The summed E-state index contributed by atoms with van der Waals surface area (Å²) in [6.07, 6.45) is 0. The molecule has 2 aromatic carbocycles. The second-order valence-corrected chi connectivity index (χ2v) is 4.44. The molecule has 1 aromatic heterocycles. The summed E-state index contributed by atoms with van der Waals surface area (Å²) in [4.78, 5) is 12.4. The monoisotopic (exact) mass is 286 g/mol. The van der Waals surface area contributed by atoms with Crippen molar-refractivity contribution in [2.24, 2.45) is 0 Å². The van der Waals surface area contributed by atoms with Gasteiger partial charge >= 0.3 is 0 Å². The summed E-state index contributed by atoms with van der Waals surface area (Å²) in [5.41, 5.74) is -0.787. The fraction of sp³-hybridized carbons (Fsp3) is 0. The fourth-order valence-corrected chi connectivity index (χ4v) is 2.14. The van der Waals surface area contributed by atoms with Gasteiger partial charge in [-0.15, -0.1) is 0 Å². The average Bonchev–Trinajstić information content (AvgIpc) is 2.47. The van der Waals surface area contributed by atoms with E-state index in [1.165, 1.54) is 18.2 Å². The Morgan fingerprint density at radius 2 is 1.57 bits per heavy atom. The summed E-state index contributed by atoms with van der Waals surface area (Å²) in [5.74, 6) is -2.72. The van der Waals surface area contributed by atoms with E-state index in [4.69, 9.17) is 4.42 Å². The Morgan fingerprint density at radius 3 is 2.33 bits per heavy atom. The SMILES string of the molecule is O=c1c(-c2ccc(O)c(O)c2O)c(O)oc2ccccc12. The Morgan fingerprint density at radius 1 is 0.857 bits per heavy atom. The van der Waals surface area contributed by atoms with Gasteiger partial charge in [0.05, 0.1) is 5.39 Å². The first-order valence-corrected chi connectivity index (χ1v) is 5.99. The predicted molar refractivity (Wildman–Crippen MR) is 74.6 cm³/mol. The highest BCUT2D eigenvalue weighted by atomic mass is 16.5. The average molecular weight is 286 g/mol. The molecule has 21 heavy (non-hydrogen) atoms. The molecule has 4 N–H and O–H groups in total. The van der Waals surface area contributed by atoms with E-state index in [0.29, 0.717) is 0 Å². The van der Waals surface area contributed by atoms with Gasteiger partial charge < -0.3 is 24.8 Å². The van der Waals surface area contributed by atoms with Gasteiger partial charge in [-0.2, -0.15) is 0 Å². The molecule has 0 unspecified atom stereocenters. The van der Waals surface area contributed by atoms with Gasteiger partial charge in [-0.3, -0.25) is 4.79 Å². The zero-order valence-electron chi connectivity index (χ0n) is 10.6. The number of aromatic hydroxyl groups is 4. The highest BCUT2D eigenvalue weighted by molar-refractivity contribution is 5.86. The van der Waals surface area contributed by atoms with Crippen LogP contribution in [0.25, 0.3) is 22.1 Å². The molecule has 0 aliphatic heterocycles. The van der Waals surface area contributed by atoms with Crippen molar-refractivity contribution < 1.29 is 24.8 Å². The number of phenols is 3. The lowest BCUT2D eigenvalue weighted by atomic mass is 10.0. The van der Waals surface area contributed by atoms with E-state index in [2.05, 4.69) is 0 Å². The Balaban J connectivity index is 2.41. The van der Waals surface area contributed by atoms with Gasteiger partial charge in [-0.1, -0.05) is 12.1 Å². The predicted octanol–water partition coefficient (Wildman–Crippen LogP) is 2.28. The van der Waals surface area contributed by atoms with E-state index in [1.807, 2.05) is 0 Å². The molecule has 0 bridgehead atoms. The van der Waals surface area contributed by atoms with Crippen LogP contribution in [0, 0.1) is 0 Å². The molecule has 0 aliphatic carbocycles. The molecule has 0 radical (unpaired) electrons. The van der Waals surface area contributed by atoms with Gasteiger partial charge in [0.15, 0.2) is 11.5 Å². The molecule has 0 atom stereocenters. The first-order valence-electron chi connectivity index (χ1n) is 5.99. The molecule has 0 spiro atoms. The van der Waals surface area contributed by atoms with Gasteiger partial charge in [0.2, 0.25) is 11.2 Å². The maximum Gasteiger partial charge on any atom is 0.294 e. The molecule has 3 aromatic rings. The van der Waals surface area contributed by atoms with Gasteiger partial charge in [0, 0.05) is 5.56 Å². The van der Waals surface area contributed by atoms with Crippen LogP contribution >= 0.6 is 0 Å². The van der Waals surface area contributed by atoms with Crippen molar-refractivity contribution in [1.29, 1.82) is 0 Å². The van der Waals surface area contributed by atoms with Gasteiger partial charge in [-0.05, 0) is 24.3 Å². The minimum absolute atomic E-state index is 0.137.